The minimum Gasteiger partial charge on any atom is -0.417 e. The number of primary amides is 1. The molecule has 1 heterocycles. The van der Waals surface area contributed by atoms with Crippen LogP contribution in [0.2, 0.25) is 34.3 Å². The van der Waals surface area contributed by atoms with Crippen LogP contribution in [0, 0.1) is 5.92 Å². The number of amides is 9. The number of rotatable bonds is 37. The van der Waals surface area contributed by atoms with Gasteiger partial charge in [-0.25, -0.2) is 4.79 Å². The van der Waals surface area contributed by atoms with E-state index in [0.29, 0.717) is 59.8 Å². The van der Waals surface area contributed by atoms with Gasteiger partial charge in [-0.15, -0.1) is 5.06 Å². The highest BCUT2D eigenvalue weighted by Gasteiger charge is 2.42. The Morgan fingerprint density at radius 3 is 1.47 bits per heavy atom. The third kappa shape index (κ3) is 26.0. The molecule has 2 rings (SSSR count). The van der Waals surface area contributed by atoms with Gasteiger partial charge in [0.05, 0.1) is 6.54 Å². The number of nitrogens with zero attached hydrogens (tertiary/aromatic N) is 1. The van der Waals surface area contributed by atoms with E-state index >= 15 is 0 Å². The molecule has 442 valence electrons. The molecule has 78 heavy (non-hydrogen) atoms. The number of imide groups is 1. The Bertz CT molecular complexity index is 2040. The summed E-state index contributed by atoms with van der Waals surface area (Å²) in [5.41, 5.74) is 7.92. The topological polar surface area (TPSA) is 300 Å². The summed E-state index contributed by atoms with van der Waals surface area (Å²) in [4.78, 5) is 126. The normalized spacial score (nSPS) is 13.5. The van der Waals surface area contributed by atoms with E-state index < -0.39 is 70.1 Å². The largest absolute Gasteiger partial charge is 0.417 e. The molecule has 0 saturated carbocycles. The summed E-state index contributed by atoms with van der Waals surface area (Å²) in [5, 5.41) is 16.9. The Labute approximate surface area is 466 Å². The van der Waals surface area contributed by atoms with Crippen molar-refractivity contribution in [2.24, 2.45) is 11.7 Å². The molecule has 0 spiro atoms. The van der Waals surface area contributed by atoms with Crippen molar-refractivity contribution in [1.29, 1.82) is 0 Å². The van der Waals surface area contributed by atoms with Crippen molar-refractivity contribution < 1.29 is 61.6 Å². The molecule has 1 fully saturated rings. The van der Waals surface area contributed by atoms with Crippen molar-refractivity contribution in [1.82, 2.24) is 37.0 Å². The monoisotopic (exact) mass is 1130 g/mol. The van der Waals surface area contributed by atoms with Gasteiger partial charge in [-0.2, -0.15) is 0 Å². The summed E-state index contributed by atoms with van der Waals surface area (Å²) in [5.74, 6) is -4.67. The lowest BCUT2D eigenvalue weighted by Crippen LogP contribution is -2.51. The molecular formula is C55H96N8O13Si2. The highest BCUT2D eigenvalue weighted by atomic mass is 28.4. The molecular weight excluding hydrogens is 1040 g/mol. The van der Waals surface area contributed by atoms with E-state index in [-0.39, 0.29) is 88.1 Å². The predicted molar refractivity (Wildman–Crippen MR) is 304 cm³/mol. The Balaban J connectivity index is 0.000000890. The number of benzene rings is 1. The van der Waals surface area contributed by atoms with Crippen molar-refractivity contribution in [3.05, 3.63) is 35.9 Å². The minimum absolute atomic E-state index is 0.0204. The molecule has 1 saturated heterocycles. The fraction of sp³-hybridized carbons (Fsp3) is 0.709. The first kappa shape index (κ1) is 70.5. The number of nitrogens with one attached hydrogen (secondary N) is 6. The van der Waals surface area contributed by atoms with Gasteiger partial charge in [-0.1, -0.05) is 99.6 Å². The van der Waals surface area contributed by atoms with Crippen molar-refractivity contribution in [3.63, 3.8) is 0 Å². The van der Waals surface area contributed by atoms with Crippen LogP contribution in [0.5, 0.6) is 0 Å². The van der Waals surface area contributed by atoms with Crippen molar-refractivity contribution in [3.8, 4) is 0 Å². The fourth-order valence-corrected chi connectivity index (χ4v) is 18.8. The molecule has 0 bridgehead atoms. The van der Waals surface area contributed by atoms with Crippen LogP contribution >= 0.6 is 0 Å². The number of nitrogens with two attached hydrogens (primary N) is 1. The molecule has 23 heteroatoms. The zero-order valence-corrected chi connectivity index (χ0v) is 50.9. The van der Waals surface area contributed by atoms with E-state index in [1.165, 1.54) is 0 Å². The molecule has 21 nitrogen and oxygen atoms in total. The van der Waals surface area contributed by atoms with E-state index in [1.807, 2.05) is 44.2 Å². The molecule has 9 amide bonds. The maximum atomic E-state index is 12.9. The molecule has 0 aliphatic carbocycles. The summed E-state index contributed by atoms with van der Waals surface area (Å²) in [6, 6.07) is 9.27. The predicted octanol–water partition coefficient (Wildman–Crippen LogP) is 5.51. The van der Waals surface area contributed by atoms with Crippen LogP contribution in [0.25, 0.3) is 0 Å². The van der Waals surface area contributed by atoms with Crippen LogP contribution in [0.1, 0.15) is 159 Å². The first-order valence-electron chi connectivity index (χ1n) is 28.1. The highest BCUT2D eigenvalue weighted by molar-refractivity contribution is 6.76. The van der Waals surface area contributed by atoms with Crippen LogP contribution in [0.4, 0.5) is 0 Å². The van der Waals surface area contributed by atoms with Gasteiger partial charge in [0.15, 0.2) is 16.6 Å². The molecule has 2 atom stereocenters. The van der Waals surface area contributed by atoms with Crippen LogP contribution < -0.4 is 37.6 Å². The molecule has 1 aliphatic heterocycles. The Hall–Kier alpha value is -5.53. The third-order valence-corrected chi connectivity index (χ3v) is 25.7. The minimum atomic E-state index is -1.93. The third-order valence-electron chi connectivity index (χ3n) is 13.9. The lowest BCUT2D eigenvalue weighted by atomic mass is 10.0. The Kier molecular flexibility index (Phi) is 33.8. The second kappa shape index (κ2) is 37.4. The molecule has 0 radical (unpaired) electrons. The summed E-state index contributed by atoms with van der Waals surface area (Å²) in [6.07, 6.45) is 3.04. The number of carbonyl (C=O) groups is 10. The van der Waals surface area contributed by atoms with Crippen molar-refractivity contribution >= 4 is 75.8 Å². The Morgan fingerprint density at radius 1 is 0.564 bits per heavy atom. The molecule has 0 aromatic heterocycles. The average Bonchev–Trinajstić information content (AvgIpc) is 3.68. The van der Waals surface area contributed by atoms with Crippen molar-refractivity contribution in [2.45, 2.75) is 206 Å². The second-order valence-electron chi connectivity index (χ2n) is 21.4. The smallest absolute Gasteiger partial charge is 0.333 e. The number of hydrogen-bond donors (Lipinski definition) is 7. The highest BCUT2D eigenvalue weighted by Crippen LogP contribution is 2.38. The quantitative estimate of drug-likeness (QED) is 0.0246. The van der Waals surface area contributed by atoms with Gasteiger partial charge in [-0.05, 0) is 85.3 Å². The number of hydrogen-bond acceptors (Lipinski definition) is 13. The van der Waals surface area contributed by atoms with E-state index in [1.54, 1.807) is 13.8 Å². The maximum Gasteiger partial charge on any atom is 0.333 e. The van der Waals surface area contributed by atoms with Crippen LogP contribution in [0.15, 0.2) is 30.3 Å². The lowest BCUT2D eigenvalue weighted by molar-refractivity contribution is -0.197. The van der Waals surface area contributed by atoms with Gasteiger partial charge in [-0.3, -0.25) is 43.2 Å². The summed E-state index contributed by atoms with van der Waals surface area (Å²) < 4.78 is 12.6. The van der Waals surface area contributed by atoms with Crippen LogP contribution in [0.3, 0.4) is 0 Å². The maximum absolute atomic E-state index is 12.9. The van der Waals surface area contributed by atoms with Gasteiger partial charge in [0, 0.05) is 84.2 Å². The summed E-state index contributed by atoms with van der Waals surface area (Å²) >= 11 is 0. The lowest BCUT2D eigenvalue weighted by Gasteiger charge is -2.38. The van der Waals surface area contributed by atoms with E-state index in [2.05, 4.69) is 87.3 Å². The molecule has 1 aliphatic rings. The first-order chi connectivity index (χ1) is 36.8. The fourth-order valence-electron chi connectivity index (χ4n) is 9.62. The summed E-state index contributed by atoms with van der Waals surface area (Å²) in [6.45, 7) is 27.7. The Morgan fingerprint density at radius 2 is 1.03 bits per heavy atom. The number of hydroxylamine groups is 2. The standard InChI is InChI=1S/C35H60N6O7Si.C20H36N2O6Si/c1-8-48-49(25(4)5,26(6)7)21-13-19-37-30(43)16-12-17-31(44)41-33(24(2)3)35(47)38-20-18-32(45)40-28(34(46)39-23-29(36)42)22-27-14-10-9-11-15-27;1-6-27-29(15(2)3,16(4)5)14-8-13-21-17(23)9-7-10-20(26)28-22-18(24)11-12-19(22)25/h9-11,14-15,24-26,28,33H,8,12-13,16-23H2,1-7H3,(H2,36,42)(H,37,43)(H,38,47)(H,39,46)(H,40,45)(H,41,44);15-16H,6-14H2,1-5H3,(H,21,23)/t28-,33-;/m0./s1. The molecule has 0 unspecified atom stereocenters. The van der Waals surface area contributed by atoms with Gasteiger partial charge in [0.25, 0.3) is 11.8 Å². The average molecular weight is 1130 g/mol. The van der Waals surface area contributed by atoms with Gasteiger partial charge in [0.1, 0.15) is 12.1 Å². The molecule has 8 N–H and O–H groups in total. The molecule has 1 aromatic carbocycles. The van der Waals surface area contributed by atoms with E-state index in [9.17, 15) is 47.9 Å². The van der Waals surface area contributed by atoms with E-state index in [4.69, 9.17) is 19.4 Å². The SMILES string of the molecule is CCO[Si](CCCNC(=O)CCCC(=O)N[C@H](C(=O)NCCC(=O)N[C@@H](Cc1ccccc1)C(=O)NCC(N)=O)C(C)C)(C(C)C)C(C)C.CCO[Si](CCCNC(=O)CCCC(=O)ON1C(=O)CCC1=O)(C(C)C)C(C)C. The van der Waals surface area contributed by atoms with Gasteiger partial charge in [0.2, 0.25) is 41.4 Å². The van der Waals surface area contributed by atoms with Crippen molar-refractivity contribution in [2.75, 3.05) is 39.4 Å². The first-order valence-corrected chi connectivity index (χ1v) is 32.6. The zero-order chi connectivity index (χ0) is 59.0. The van der Waals surface area contributed by atoms with Crippen LogP contribution in [-0.2, 0) is 68.1 Å². The molecule has 1 aromatic rings. The summed E-state index contributed by atoms with van der Waals surface area (Å²) in [7, 11) is -3.79. The van der Waals surface area contributed by atoms with E-state index in [0.717, 1.165) is 37.1 Å². The van der Waals surface area contributed by atoms with Gasteiger partial charge < -0.3 is 51.3 Å². The van der Waals surface area contributed by atoms with Gasteiger partial charge >= 0.3 is 5.97 Å². The number of carbonyl (C=O) groups excluding carboxylic acids is 10. The zero-order valence-electron chi connectivity index (χ0n) is 48.9. The second-order valence-corrected chi connectivity index (χ2v) is 31.4. The van der Waals surface area contributed by atoms with Crippen LogP contribution in [-0.4, -0.2) is 132 Å².